The minimum atomic E-state index is -0.0358. The number of hydrogen-bond donors (Lipinski definition) is 3. The fourth-order valence-corrected chi connectivity index (χ4v) is 3.54. The van der Waals surface area contributed by atoms with Crippen molar-refractivity contribution >= 4 is 11.6 Å². The number of carbonyl (C=O) groups is 1. The fraction of sp³-hybridized carbons (Fsp3) is 0.350. The van der Waals surface area contributed by atoms with Crippen molar-refractivity contribution in [2.75, 3.05) is 5.32 Å². The van der Waals surface area contributed by atoms with Crippen molar-refractivity contribution in [2.45, 2.75) is 38.8 Å². The van der Waals surface area contributed by atoms with Gasteiger partial charge in [0.15, 0.2) is 0 Å². The molecule has 2 heterocycles. The molecule has 3 N–H and O–H groups in total. The van der Waals surface area contributed by atoms with Crippen molar-refractivity contribution in [3.8, 4) is 0 Å². The number of aromatic nitrogens is 4. The normalized spacial score (nSPS) is 16.0. The number of anilines is 1. The van der Waals surface area contributed by atoms with Crippen LogP contribution in [0.5, 0.6) is 0 Å². The summed E-state index contributed by atoms with van der Waals surface area (Å²) < 4.78 is 1.98. The standard InChI is InChI=1S/C20H24N6O/c1-13-17-8-7-16(11-18(17)25-24-13)23-20(27)14-3-5-15(6-4-14)22-12-19-21-9-10-26(19)2/h3-6,9-10,16,22H,7-8,11-12H2,1-2H3,(H,23,27)(H,24,25). The van der Waals surface area contributed by atoms with E-state index < -0.39 is 0 Å². The number of nitrogens with one attached hydrogen (secondary N) is 3. The molecule has 0 fully saturated rings. The molecular formula is C20H24N6O. The summed E-state index contributed by atoms with van der Waals surface area (Å²) in [5.41, 5.74) is 5.16. The summed E-state index contributed by atoms with van der Waals surface area (Å²) in [6.45, 7) is 2.69. The van der Waals surface area contributed by atoms with Crippen LogP contribution in [-0.2, 0) is 26.4 Å². The molecule has 0 bridgehead atoms. The van der Waals surface area contributed by atoms with Gasteiger partial charge < -0.3 is 15.2 Å². The number of fused-ring (bicyclic) bond motifs is 1. The van der Waals surface area contributed by atoms with E-state index in [-0.39, 0.29) is 11.9 Å². The van der Waals surface area contributed by atoms with Crippen LogP contribution in [0.25, 0.3) is 0 Å². The number of imidazole rings is 1. The van der Waals surface area contributed by atoms with Crippen LogP contribution >= 0.6 is 0 Å². The fourth-order valence-electron chi connectivity index (χ4n) is 3.54. The Morgan fingerprint density at radius 1 is 1.33 bits per heavy atom. The van der Waals surface area contributed by atoms with Gasteiger partial charge in [-0.1, -0.05) is 0 Å². The highest BCUT2D eigenvalue weighted by Gasteiger charge is 2.23. The lowest BCUT2D eigenvalue weighted by Gasteiger charge is -2.23. The molecule has 0 saturated heterocycles. The largest absolute Gasteiger partial charge is 0.378 e. The lowest BCUT2D eigenvalue weighted by atomic mass is 9.92. The molecule has 1 aliphatic rings. The van der Waals surface area contributed by atoms with Crippen LogP contribution in [0.15, 0.2) is 36.7 Å². The zero-order valence-electron chi connectivity index (χ0n) is 15.6. The molecule has 7 heteroatoms. The molecule has 1 aliphatic carbocycles. The summed E-state index contributed by atoms with van der Waals surface area (Å²) in [6, 6.07) is 7.68. The Kier molecular flexibility index (Phi) is 4.66. The number of benzene rings is 1. The maximum Gasteiger partial charge on any atom is 0.251 e. The van der Waals surface area contributed by atoms with Gasteiger partial charge in [-0.25, -0.2) is 4.98 Å². The van der Waals surface area contributed by atoms with Crippen LogP contribution < -0.4 is 10.6 Å². The maximum absolute atomic E-state index is 12.6. The number of carbonyl (C=O) groups excluding carboxylic acids is 1. The van der Waals surface area contributed by atoms with Gasteiger partial charge in [-0.3, -0.25) is 9.89 Å². The Balaban J connectivity index is 1.33. The van der Waals surface area contributed by atoms with E-state index in [2.05, 4.69) is 25.8 Å². The molecule has 0 spiro atoms. The predicted molar refractivity (Wildman–Crippen MR) is 104 cm³/mol. The predicted octanol–water partition coefficient (Wildman–Crippen LogP) is 2.35. The number of aromatic amines is 1. The number of aryl methyl sites for hydroxylation is 2. The Labute approximate surface area is 158 Å². The van der Waals surface area contributed by atoms with Crippen LogP contribution in [0.1, 0.15) is 39.6 Å². The van der Waals surface area contributed by atoms with E-state index in [1.165, 1.54) is 5.56 Å². The minimum Gasteiger partial charge on any atom is -0.378 e. The van der Waals surface area contributed by atoms with Crippen LogP contribution in [0.4, 0.5) is 5.69 Å². The summed E-state index contributed by atoms with van der Waals surface area (Å²) in [7, 11) is 1.97. The molecule has 1 unspecified atom stereocenters. The van der Waals surface area contributed by atoms with E-state index in [4.69, 9.17) is 0 Å². The van der Waals surface area contributed by atoms with E-state index in [1.807, 2.05) is 49.0 Å². The lowest BCUT2D eigenvalue weighted by Crippen LogP contribution is -2.38. The molecule has 1 amide bonds. The molecule has 0 aliphatic heterocycles. The zero-order chi connectivity index (χ0) is 18.8. The monoisotopic (exact) mass is 364 g/mol. The molecular weight excluding hydrogens is 340 g/mol. The van der Waals surface area contributed by atoms with Crippen molar-refractivity contribution in [1.29, 1.82) is 0 Å². The summed E-state index contributed by atoms with van der Waals surface area (Å²) in [5, 5.41) is 13.9. The molecule has 0 radical (unpaired) electrons. The summed E-state index contributed by atoms with van der Waals surface area (Å²) in [5.74, 6) is 0.924. The third-order valence-electron chi connectivity index (χ3n) is 5.20. The third-order valence-corrected chi connectivity index (χ3v) is 5.20. The number of rotatable bonds is 5. The highest BCUT2D eigenvalue weighted by molar-refractivity contribution is 5.94. The van der Waals surface area contributed by atoms with E-state index in [9.17, 15) is 4.79 Å². The molecule has 4 rings (SSSR count). The SMILES string of the molecule is Cc1[nH]nc2c1CCC(NC(=O)c1ccc(NCc3nccn3C)cc1)C2. The second-order valence-corrected chi connectivity index (χ2v) is 7.07. The van der Waals surface area contributed by atoms with Crippen LogP contribution in [0, 0.1) is 6.92 Å². The van der Waals surface area contributed by atoms with E-state index in [0.29, 0.717) is 12.1 Å². The molecule has 2 aromatic heterocycles. The minimum absolute atomic E-state index is 0.0358. The first kappa shape index (κ1) is 17.3. The van der Waals surface area contributed by atoms with Crippen molar-refractivity contribution < 1.29 is 4.79 Å². The van der Waals surface area contributed by atoms with E-state index >= 15 is 0 Å². The van der Waals surface area contributed by atoms with Gasteiger partial charge in [0.2, 0.25) is 0 Å². The Morgan fingerprint density at radius 2 is 2.15 bits per heavy atom. The van der Waals surface area contributed by atoms with Gasteiger partial charge in [0.25, 0.3) is 5.91 Å². The van der Waals surface area contributed by atoms with Gasteiger partial charge in [-0.15, -0.1) is 0 Å². The first-order valence-electron chi connectivity index (χ1n) is 9.24. The molecule has 1 aromatic carbocycles. The topological polar surface area (TPSA) is 87.6 Å². The van der Waals surface area contributed by atoms with Crippen molar-refractivity contribution in [3.63, 3.8) is 0 Å². The second-order valence-electron chi connectivity index (χ2n) is 7.07. The quantitative estimate of drug-likeness (QED) is 0.648. The Morgan fingerprint density at radius 3 is 2.89 bits per heavy atom. The van der Waals surface area contributed by atoms with Crippen LogP contribution in [-0.4, -0.2) is 31.7 Å². The van der Waals surface area contributed by atoms with E-state index in [0.717, 1.165) is 42.2 Å². The second kappa shape index (κ2) is 7.26. The van der Waals surface area contributed by atoms with Crippen LogP contribution in [0.2, 0.25) is 0 Å². The van der Waals surface area contributed by atoms with Gasteiger partial charge in [0.1, 0.15) is 5.82 Å². The van der Waals surface area contributed by atoms with Gasteiger partial charge in [-0.05, 0) is 49.6 Å². The molecule has 1 atom stereocenters. The smallest absolute Gasteiger partial charge is 0.251 e. The van der Waals surface area contributed by atoms with Gasteiger partial charge in [0.05, 0.1) is 12.2 Å². The number of hydrogen-bond acceptors (Lipinski definition) is 4. The van der Waals surface area contributed by atoms with Gasteiger partial charge in [-0.2, -0.15) is 5.10 Å². The number of H-pyrrole nitrogens is 1. The number of amides is 1. The summed E-state index contributed by atoms with van der Waals surface area (Å²) >= 11 is 0. The summed E-state index contributed by atoms with van der Waals surface area (Å²) in [4.78, 5) is 16.8. The van der Waals surface area contributed by atoms with Crippen molar-refractivity contribution in [1.82, 2.24) is 25.1 Å². The summed E-state index contributed by atoms with van der Waals surface area (Å²) in [6.07, 6.45) is 6.39. The molecule has 3 aromatic rings. The van der Waals surface area contributed by atoms with Crippen molar-refractivity contribution in [2.24, 2.45) is 7.05 Å². The lowest BCUT2D eigenvalue weighted by molar-refractivity contribution is 0.0933. The first-order chi connectivity index (χ1) is 13.1. The third kappa shape index (κ3) is 3.72. The molecule has 0 saturated carbocycles. The van der Waals surface area contributed by atoms with Crippen LogP contribution in [0.3, 0.4) is 0 Å². The average Bonchev–Trinajstić information content (AvgIpc) is 3.26. The van der Waals surface area contributed by atoms with Crippen molar-refractivity contribution in [3.05, 3.63) is 65.0 Å². The zero-order valence-corrected chi connectivity index (χ0v) is 15.6. The number of nitrogens with zero attached hydrogens (tertiary/aromatic N) is 3. The Bertz CT molecular complexity index is 940. The molecule has 140 valence electrons. The maximum atomic E-state index is 12.6. The molecule has 27 heavy (non-hydrogen) atoms. The molecule has 7 nitrogen and oxygen atoms in total. The van der Waals surface area contributed by atoms with Gasteiger partial charge in [0, 0.05) is 48.8 Å². The van der Waals surface area contributed by atoms with E-state index in [1.54, 1.807) is 6.20 Å². The average molecular weight is 364 g/mol. The first-order valence-corrected chi connectivity index (χ1v) is 9.24. The highest BCUT2D eigenvalue weighted by atomic mass is 16.1. The Hall–Kier alpha value is -3.09. The van der Waals surface area contributed by atoms with Gasteiger partial charge >= 0.3 is 0 Å². The highest BCUT2D eigenvalue weighted by Crippen LogP contribution is 2.22.